The Bertz CT molecular complexity index is 894. The van der Waals surface area contributed by atoms with E-state index in [1.54, 1.807) is 12.1 Å². The molecule has 0 amide bonds. The predicted octanol–water partition coefficient (Wildman–Crippen LogP) is 2.21. The number of sulfonamides is 1. The van der Waals surface area contributed by atoms with Crippen LogP contribution in [0.4, 0.5) is 11.4 Å². The number of nitro groups is 1. The number of hydrogen-bond acceptors (Lipinski definition) is 6. The van der Waals surface area contributed by atoms with Gasteiger partial charge < -0.3 is 4.74 Å². The second-order valence-corrected chi connectivity index (χ2v) is 6.70. The molecule has 0 aliphatic heterocycles. The van der Waals surface area contributed by atoms with E-state index < -0.39 is 20.9 Å². The number of carbonyl (C=O) groups is 1. The standard InChI is InChI=1S/C15H14N2O6S/c1-16(14-9-4-3-8-13(14)15(18)23-2)24(21,22)12-7-5-6-11(10-12)17(19)20/h3-10H,1-2H3. The Morgan fingerprint density at radius 1 is 1.17 bits per heavy atom. The maximum Gasteiger partial charge on any atom is 0.340 e. The Morgan fingerprint density at radius 3 is 2.46 bits per heavy atom. The van der Waals surface area contributed by atoms with Crippen LogP contribution in [0.2, 0.25) is 0 Å². The lowest BCUT2D eigenvalue weighted by Crippen LogP contribution is -2.28. The van der Waals surface area contributed by atoms with E-state index in [0.29, 0.717) is 0 Å². The molecule has 0 atom stereocenters. The summed E-state index contributed by atoms with van der Waals surface area (Å²) in [5.74, 6) is -0.688. The van der Waals surface area contributed by atoms with E-state index in [0.717, 1.165) is 10.4 Å². The summed E-state index contributed by atoms with van der Waals surface area (Å²) in [4.78, 5) is 21.7. The van der Waals surface area contributed by atoms with Gasteiger partial charge in [-0.2, -0.15) is 0 Å². The van der Waals surface area contributed by atoms with Gasteiger partial charge in [-0.3, -0.25) is 14.4 Å². The van der Waals surface area contributed by atoms with E-state index in [4.69, 9.17) is 0 Å². The van der Waals surface area contributed by atoms with Crippen molar-refractivity contribution in [1.29, 1.82) is 0 Å². The van der Waals surface area contributed by atoms with Gasteiger partial charge in [0.25, 0.3) is 15.7 Å². The number of anilines is 1. The largest absolute Gasteiger partial charge is 0.465 e. The third kappa shape index (κ3) is 3.20. The predicted molar refractivity (Wildman–Crippen MR) is 86.5 cm³/mol. The first-order valence-electron chi connectivity index (χ1n) is 6.69. The van der Waals surface area contributed by atoms with Crippen molar-refractivity contribution in [2.24, 2.45) is 0 Å². The molecule has 0 aromatic heterocycles. The fourth-order valence-corrected chi connectivity index (χ4v) is 3.33. The first-order chi connectivity index (χ1) is 11.3. The van der Waals surface area contributed by atoms with Crippen LogP contribution < -0.4 is 4.31 Å². The molecule has 0 saturated carbocycles. The van der Waals surface area contributed by atoms with Crippen LogP contribution in [0, 0.1) is 10.1 Å². The van der Waals surface area contributed by atoms with Gasteiger partial charge in [0.2, 0.25) is 0 Å². The van der Waals surface area contributed by atoms with Crippen molar-refractivity contribution in [2.45, 2.75) is 4.90 Å². The summed E-state index contributed by atoms with van der Waals surface area (Å²) < 4.78 is 31.0. The van der Waals surface area contributed by atoms with Crippen LogP contribution in [0.5, 0.6) is 0 Å². The van der Waals surface area contributed by atoms with Crippen molar-refractivity contribution in [1.82, 2.24) is 0 Å². The number of para-hydroxylation sites is 1. The second kappa shape index (κ2) is 6.67. The van der Waals surface area contributed by atoms with Crippen molar-refractivity contribution in [3.8, 4) is 0 Å². The molecule has 0 heterocycles. The van der Waals surface area contributed by atoms with Crippen LogP contribution in [0.1, 0.15) is 10.4 Å². The van der Waals surface area contributed by atoms with Gasteiger partial charge >= 0.3 is 5.97 Å². The number of methoxy groups -OCH3 is 1. The summed E-state index contributed by atoms with van der Waals surface area (Å²) in [6, 6.07) is 10.7. The molecule has 2 rings (SSSR count). The van der Waals surface area contributed by atoms with Crippen molar-refractivity contribution in [2.75, 3.05) is 18.5 Å². The van der Waals surface area contributed by atoms with E-state index >= 15 is 0 Å². The SMILES string of the molecule is COC(=O)c1ccccc1N(C)S(=O)(=O)c1cccc([N+](=O)[O-])c1. The maximum absolute atomic E-state index is 12.7. The second-order valence-electron chi connectivity index (χ2n) is 4.74. The molecule has 0 N–H and O–H groups in total. The normalized spacial score (nSPS) is 10.9. The topological polar surface area (TPSA) is 107 Å². The third-order valence-corrected chi connectivity index (χ3v) is 5.10. The molecular weight excluding hydrogens is 336 g/mol. The summed E-state index contributed by atoms with van der Waals surface area (Å²) in [5, 5.41) is 10.8. The summed E-state index contributed by atoms with van der Waals surface area (Å²) in [6.07, 6.45) is 0. The lowest BCUT2D eigenvalue weighted by molar-refractivity contribution is -0.385. The molecule has 0 aliphatic rings. The van der Waals surface area contributed by atoms with Gasteiger partial charge in [0, 0.05) is 19.2 Å². The quantitative estimate of drug-likeness (QED) is 0.465. The van der Waals surface area contributed by atoms with Crippen LogP contribution >= 0.6 is 0 Å². The minimum Gasteiger partial charge on any atom is -0.465 e. The summed E-state index contributed by atoms with van der Waals surface area (Å²) >= 11 is 0. The first-order valence-corrected chi connectivity index (χ1v) is 8.13. The highest BCUT2D eigenvalue weighted by atomic mass is 32.2. The van der Waals surface area contributed by atoms with Gasteiger partial charge in [0.1, 0.15) is 0 Å². The number of nitrogens with zero attached hydrogens (tertiary/aromatic N) is 2. The molecule has 0 spiro atoms. The van der Waals surface area contributed by atoms with Crippen molar-refractivity contribution in [3.05, 3.63) is 64.2 Å². The number of hydrogen-bond donors (Lipinski definition) is 0. The molecule has 8 nitrogen and oxygen atoms in total. The molecule has 126 valence electrons. The molecule has 2 aromatic rings. The van der Waals surface area contributed by atoms with E-state index in [2.05, 4.69) is 4.74 Å². The molecule has 0 unspecified atom stereocenters. The van der Waals surface area contributed by atoms with E-state index in [-0.39, 0.29) is 21.8 Å². The number of carbonyl (C=O) groups excluding carboxylic acids is 1. The number of non-ortho nitro benzene ring substituents is 1. The number of nitro benzene ring substituents is 1. The van der Waals surface area contributed by atoms with Crippen molar-refractivity contribution < 1.29 is 22.9 Å². The highest BCUT2D eigenvalue weighted by Gasteiger charge is 2.26. The van der Waals surface area contributed by atoms with Gasteiger partial charge in [-0.1, -0.05) is 18.2 Å². The van der Waals surface area contributed by atoms with Gasteiger partial charge in [0.15, 0.2) is 0 Å². The smallest absolute Gasteiger partial charge is 0.340 e. The van der Waals surface area contributed by atoms with Crippen LogP contribution in [-0.2, 0) is 14.8 Å². The minimum absolute atomic E-state index is 0.0662. The Balaban J connectivity index is 2.53. The molecule has 0 bridgehead atoms. The van der Waals surface area contributed by atoms with Crippen LogP contribution in [0.25, 0.3) is 0 Å². The van der Waals surface area contributed by atoms with Gasteiger partial charge in [-0.15, -0.1) is 0 Å². The van der Waals surface area contributed by atoms with Crippen LogP contribution in [0.3, 0.4) is 0 Å². The first kappa shape index (κ1) is 17.4. The summed E-state index contributed by atoms with van der Waals surface area (Å²) in [6.45, 7) is 0. The van der Waals surface area contributed by atoms with E-state index in [1.807, 2.05) is 0 Å². The van der Waals surface area contributed by atoms with E-state index in [1.165, 1.54) is 44.5 Å². The van der Waals surface area contributed by atoms with Gasteiger partial charge in [0.05, 0.1) is 28.2 Å². The molecular formula is C15H14N2O6S. The summed E-state index contributed by atoms with van der Waals surface area (Å²) in [7, 11) is -1.64. The minimum atomic E-state index is -4.09. The third-order valence-electron chi connectivity index (χ3n) is 3.34. The lowest BCUT2D eigenvalue weighted by Gasteiger charge is -2.21. The lowest BCUT2D eigenvalue weighted by atomic mass is 10.2. The number of rotatable bonds is 5. The fraction of sp³-hybridized carbons (Fsp3) is 0.133. The average Bonchev–Trinajstić information content (AvgIpc) is 2.60. The zero-order valence-corrected chi connectivity index (χ0v) is 13.7. The maximum atomic E-state index is 12.7. The Morgan fingerprint density at radius 2 is 1.83 bits per heavy atom. The molecule has 0 aliphatic carbocycles. The molecule has 2 aromatic carbocycles. The molecule has 0 saturated heterocycles. The zero-order valence-electron chi connectivity index (χ0n) is 12.9. The Labute approximate surface area is 138 Å². The van der Waals surface area contributed by atoms with Crippen molar-refractivity contribution >= 4 is 27.4 Å². The van der Waals surface area contributed by atoms with Crippen LogP contribution in [0.15, 0.2) is 53.4 Å². The van der Waals surface area contributed by atoms with Crippen LogP contribution in [-0.4, -0.2) is 33.5 Å². The average molecular weight is 350 g/mol. The Hall–Kier alpha value is -2.94. The number of ether oxygens (including phenoxy) is 1. The fourth-order valence-electron chi connectivity index (χ4n) is 2.08. The highest BCUT2D eigenvalue weighted by molar-refractivity contribution is 7.92. The number of esters is 1. The Kier molecular flexibility index (Phi) is 4.84. The van der Waals surface area contributed by atoms with Gasteiger partial charge in [-0.05, 0) is 18.2 Å². The molecule has 0 fully saturated rings. The van der Waals surface area contributed by atoms with E-state index in [9.17, 15) is 23.3 Å². The highest BCUT2D eigenvalue weighted by Crippen LogP contribution is 2.27. The molecule has 24 heavy (non-hydrogen) atoms. The summed E-state index contributed by atoms with van der Waals surface area (Å²) in [5.41, 5.74) is -0.168. The van der Waals surface area contributed by atoms with Gasteiger partial charge in [-0.25, -0.2) is 13.2 Å². The molecule has 9 heteroatoms. The molecule has 0 radical (unpaired) electrons. The monoisotopic (exact) mass is 350 g/mol. The van der Waals surface area contributed by atoms with Crippen molar-refractivity contribution in [3.63, 3.8) is 0 Å². The zero-order chi connectivity index (χ0) is 17.9. The number of benzene rings is 2.